The standard InChI is InChI=1S/C14H20O/c1-10(2)13-5-7-14(8-6-13)11(3)9-12(4)15/h5-10,12,15H,1-4H3/b11-9+. The van der Waals surface area contributed by atoms with Crippen LogP contribution in [0.1, 0.15) is 44.7 Å². The van der Waals surface area contributed by atoms with Gasteiger partial charge in [0.25, 0.3) is 0 Å². The van der Waals surface area contributed by atoms with Gasteiger partial charge in [-0.25, -0.2) is 0 Å². The molecule has 1 aromatic carbocycles. The Bertz CT molecular complexity index is 331. The van der Waals surface area contributed by atoms with E-state index in [9.17, 15) is 5.11 Å². The summed E-state index contributed by atoms with van der Waals surface area (Å²) in [5.41, 5.74) is 3.66. The van der Waals surface area contributed by atoms with Gasteiger partial charge >= 0.3 is 0 Å². The van der Waals surface area contributed by atoms with Gasteiger partial charge in [-0.1, -0.05) is 44.2 Å². The van der Waals surface area contributed by atoms with Crippen LogP contribution in [0.2, 0.25) is 0 Å². The SMILES string of the molecule is C/C(=C\C(C)O)c1ccc(C(C)C)cc1. The molecular formula is C14H20O. The summed E-state index contributed by atoms with van der Waals surface area (Å²) in [6, 6.07) is 8.53. The minimum absolute atomic E-state index is 0.380. The van der Waals surface area contributed by atoms with Crippen molar-refractivity contribution in [2.45, 2.75) is 39.7 Å². The van der Waals surface area contributed by atoms with Crippen LogP contribution in [0.3, 0.4) is 0 Å². The van der Waals surface area contributed by atoms with Crippen molar-refractivity contribution in [3.05, 3.63) is 41.5 Å². The highest BCUT2D eigenvalue weighted by atomic mass is 16.3. The van der Waals surface area contributed by atoms with Crippen LogP contribution in [0.4, 0.5) is 0 Å². The minimum atomic E-state index is -0.380. The molecule has 1 nitrogen and oxygen atoms in total. The monoisotopic (exact) mass is 204 g/mol. The van der Waals surface area contributed by atoms with Crippen LogP contribution in [-0.4, -0.2) is 11.2 Å². The Labute approximate surface area is 92.5 Å². The Balaban J connectivity index is 2.89. The minimum Gasteiger partial charge on any atom is -0.389 e. The van der Waals surface area contributed by atoms with Crippen molar-refractivity contribution in [1.82, 2.24) is 0 Å². The van der Waals surface area contributed by atoms with Gasteiger partial charge < -0.3 is 5.11 Å². The predicted molar refractivity (Wildman–Crippen MR) is 65.9 cm³/mol. The van der Waals surface area contributed by atoms with Crippen LogP contribution in [0.25, 0.3) is 5.57 Å². The number of allylic oxidation sites excluding steroid dienone is 1. The first kappa shape index (κ1) is 12.0. The molecule has 82 valence electrons. The third-order valence-corrected chi connectivity index (χ3v) is 2.52. The molecule has 0 aliphatic carbocycles. The summed E-state index contributed by atoms with van der Waals surface area (Å²) in [5.74, 6) is 0.570. The van der Waals surface area contributed by atoms with Gasteiger partial charge in [0.15, 0.2) is 0 Å². The molecule has 15 heavy (non-hydrogen) atoms. The molecule has 0 aliphatic rings. The molecule has 0 bridgehead atoms. The predicted octanol–water partition coefficient (Wildman–Crippen LogP) is 3.59. The lowest BCUT2D eigenvalue weighted by atomic mass is 9.99. The molecule has 0 spiro atoms. The number of hydrogen-bond donors (Lipinski definition) is 1. The second kappa shape index (κ2) is 5.13. The summed E-state index contributed by atoms with van der Waals surface area (Å²) in [5, 5.41) is 9.25. The first-order valence-electron chi connectivity index (χ1n) is 5.47. The molecule has 1 heteroatoms. The van der Waals surface area contributed by atoms with Gasteiger partial charge in [0.1, 0.15) is 0 Å². The van der Waals surface area contributed by atoms with Crippen LogP contribution in [-0.2, 0) is 0 Å². The lowest BCUT2D eigenvalue weighted by Gasteiger charge is -2.08. The second-order valence-electron chi connectivity index (χ2n) is 4.37. The van der Waals surface area contributed by atoms with Gasteiger partial charge in [-0.05, 0) is 36.5 Å². The zero-order valence-corrected chi connectivity index (χ0v) is 9.99. The Morgan fingerprint density at radius 1 is 1.13 bits per heavy atom. The van der Waals surface area contributed by atoms with Crippen molar-refractivity contribution in [2.75, 3.05) is 0 Å². The molecule has 0 aromatic heterocycles. The summed E-state index contributed by atoms with van der Waals surface area (Å²) in [4.78, 5) is 0. The van der Waals surface area contributed by atoms with Crippen LogP contribution >= 0.6 is 0 Å². The van der Waals surface area contributed by atoms with Gasteiger partial charge in [-0.2, -0.15) is 0 Å². The average Bonchev–Trinajstić information content (AvgIpc) is 2.17. The molecule has 1 rings (SSSR count). The number of aliphatic hydroxyl groups is 1. The van der Waals surface area contributed by atoms with E-state index in [1.54, 1.807) is 6.92 Å². The van der Waals surface area contributed by atoms with E-state index in [0.29, 0.717) is 5.92 Å². The van der Waals surface area contributed by atoms with E-state index in [1.807, 2.05) is 13.0 Å². The highest BCUT2D eigenvalue weighted by molar-refractivity contribution is 5.64. The fourth-order valence-corrected chi connectivity index (χ4v) is 1.59. The number of rotatable bonds is 3. The third kappa shape index (κ3) is 3.52. The summed E-state index contributed by atoms with van der Waals surface area (Å²) < 4.78 is 0. The normalized spacial score (nSPS) is 14.4. The van der Waals surface area contributed by atoms with E-state index in [1.165, 1.54) is 11.1 Å². The van der Waals surface area contributed by atoms with Crippen LogP contribution in [0, 0.1) is 0 Å². The molecule has 1 atom stereocenters. The van der Waals surface area contributed by atoms with Crippen molar-refractivity contribution in [3.8, 4) is 0 Å². The molecule has 0 heterocycles. The van der Waals surface area contributed by atoms with E-state index in [-0.39, 0.29) is 6.10 Å². The molecule has 1 aromatic rings. The Morgan fingerprint density at radius 3 is 2.07 bits per heavy atom. The Hall–Kier alpha value is -1.08. The second-order valence-corrected chi connectivity index (χ2v) is 4.37. The van der Waals surface area contributed by atoms with Crippen molar-refractivity contribution < 1.29 is 5.11 Å². The average molecular weight is 204 g/mol. The Kier molecular flexibility index (Phi) is 4.10. The Morgan fingerprint density at radius 2 is 1.67 bits per heavy atom. The van der Waals surface area contributed by atoms with E-state index in [4.69, 9.17) is 0 Å². The fourth-order valence-electron chi connectivity index (χ4n) is 1.59. The van der Waals surface area contributed by atoms with Gasteiger partial charge in [0.2, 0.25) is 0 Å². The summed E-state index contributed by atoms with van der Waals surface area (Å²) in [7, 11) is 0. The molecule has 0 saturated carbocycles. The number of aliphatic hydroxyl groups excluding tert-OH is 1. The van der Waals surface area contributed by atoms with Crippen molar-refractivity contribution in [3.63, 3.8) is 0 Å². The largest absolute Gasteiger partial charge is 0.389 e. The van der Waals surface area contributed by atoms with Gasteiger partial charge in [-0.3, -0.25) is 0 Å². The summed E-state index contributed by atoms with van der Waals surface area (Å²) in [6.45, 7) is 8.17. The zero-order valence-electron chi connectivity index (χ0n) is 9.99. The van der Waals surface area contributed by atoms with E-state index in [0.717, 1.165) is 5.57 Å². The topological polar surface area (TPSA) is 20.2 Å². The molecule has 0 amide bonds. The zero-order chi connectivity index (χ0) is 11.4. The van der Waals surface area contributed by atoms with Gasteiger partial charge in [-0.15, -0.1) is 0 Å². The van der Waals surface area contributed by atoms with Crippen molar-refractivity contribution in [1.29, 1.82) is 0 Å². The van der Waals surface area contributed by atoms with Crippen LogP contribution in [0.15, 0.2) is 30.3 Å². The maximum atomic E-state index is 9.25. The first-order chi connectivity index (χ1) is 7.00. The van der Waals surface area contributed by atoms with E-state index in [2.05, 4.69) is 38.1 Å². The third-order valence-electron chi connectivity index (χ3n) is 2.52. The number of benzene rings is 1. The van der Waals surface area contributed by atoms with Crippen molar-refractivity contribution in [2.24, 2.45) is 0 Å². The number of hydrogen-bond acceptors (Lipinski definition) is 1. The quantitative estimate of drug-likeness (QED) is 0.797. The molecule has 1 unspecified atom stereocenters. The maximum Gasteiger partial charge on any atom is 0.0698 e. The van der Waals surface area contributed by atoms with Crippen LogP contribution < -0.4 is 0 Å². The molecule has 0 saturated heterocycles. The molecule has 1 N–H and O–H groups in total. The smallest absolute Gasteiger partial charge is 0.0698 e. The first-order valence-corrected chi connectivity index (χ1v) is 5.47. The molecule has 0 aliphatic heterocycles. The van der Waals surface area contributed by atoms with Crippen molar-refractivity contribution >= 4 is 5.57 Å². The van der Waals surface area contributed by atoms with Crippen LogP contribution in [0.5, 0.6) is 0 Å². The maximum absolute atomic E-state index is 9.25. The lowest BCUT2D eigenvalue weighted by Crippen LogP contribution is -1.94. The lowest BCUT2D eigenvalue weighted by molar-refractivity contribution is 0.244. The van der Waals surface area contributed by atoms with Gasteiger partial charge in [0, 0.05) is 0 Å². The molecular weight excluding hydrogens is 184 g/mol. The summed E-state index contributed by atoms with van der Waals surface area (Å²) >= 11 is 0. The molecule has 0 fully saturated rings. The molecule has 0 radical (unpaired) electrons. The summed E-state index contributed by atoms with van der Waals surface area (Å²) in [6.07, 6.45) is 1.49. The van der Waals surface area contributed by atoms with Gasteiger partial charge in [0.05, 0.1) is 6.10 Å². The highest BCUT2D eigenvalue weighted by Crippen LogP contribution is 2.19. The highest BCUT2D eigenvalue weighted by Gasteiger charge is 2.00. The van der Waals surface area contributed by atoms with E-state index >= 15 is 0 Å². The van der Waals surface area contributed by atoms with E-state index < -0.39 is 0 Å². The fraction of sp³-hybridized carbons (Fsp3) is 0.429.